The second-order valence-electron chi connectivity index (χ2n) is 3.85. The van der Waals surface area contributed by atoms with Gasteiger partial charge in [-0.25, -0.2) is 4.39 Å². The maximum atomic E-state index is 13.1. The number of hydrogen-bond acceptors (Lipinski definition) is 2. The van der Waals surface area contributed by atoms with Gasteiger partial charge in [0.2, 0.25) is 0 Å². The molecular formula is C14H13ClFNO. The summed E-state index contributed by atoms with van der Waals surface area (Å²) < 4.78 is 18.9. The van der Waals surface area contributed by atoms with Crippen molar-refractivity contribution in [2.75, 3.05) is 6.54 Å². The highest BCUT2D eigenvalue weighted by Crippen LogP contribution is 2.23. The highest BCUT2D eigenvalue weighted by Gasteiger charge is 2.12. The third-order valence-electron chi connectivity index (χ3n) is 2.53. The average Bonchev–Trinajstić information content (AvgIpc) is 2.38. The first-order valence-corrected chi connectivity index (χ1v) is 5.94. The van der Waals surface area contributed by atoms with Gasteiger partial charge < -0.3 is 10.5 Å². The van der Waals surface area contributed by atoms with E-state index in [1.807, 2.05) is 0 Å². The summed E-state index contributed by atoms with van der Waals surface area (Å²) in [6, 6.07) is 13.2. The first kappa shape index (κ1) is 12.9. The van der Waals surface area contributed by atoms with Gasteiger partial charge in [-0.15, -0.1) is 0 Å². The lowest BCUT2D eigenvalue weighted by Gasteiger charge is -2.18. The van der Waals surface area contributed by atoms with Crippen LogP contribution in [-0.4, -0.2) is 6.54 Å². The Morgan fingerprint density at radius 3 is 2.50 bits per heavy atom. The lowest BCUT2D eigenvalue weighted by atomic mass is 10.1. The molecule has 2 N–H and O–H groups in total. The van der Waals surface area contributed by atoms with Gasteiger partial charge in [0.05, 0.1) is 0 Å². The van der Waals surface area contributed by atoms with Crippen LogP contribution >= 0.6 is 11.6 Å². The van der Waals surface area contributed by atoms with Crippen molar-refractivity contribution in [2.24, 2.45) is 5.73 Å². The van der Waals surface area contributed by atoms with Gasteiger partial charge in [-0.05, 0) is 42.0 Å². The average molecular weight is 266 g/mol. The van der Waals surface area contributed by atoms with Gasteiger partial charge in [-0.1, -0.05) is 23.7 Å². The van der Waals surface area contributed by atoms with Crippen LogP contribution < -0.4 is 10.5 Å². The molecule has 0 amide bonds. The van der Waals surface area contributed by atoms with Crippen LogP contribution in [0.1, 0.15) is 11.7 Å². The molecule has 0 bridgehead atoms. The second kappa shape index (κ2) is 5.85. The SMILES string of the molecule is NCC(Oc1ccc(Cl)cc1)c1cccc(F)c1. The first-order valence-electron chi connectivity index (χ1n) is 5.57. The van der Waals surface area contributed by atoms with E-state index < -0.39 is 0 Å². The van der Waals surface area contributed by atoms with Crippen molar-refractivity contribution in [3.05, 3.63) is 64.9 Å². The Bertz CT molecular complexity index is 515. The van der Waals surface area contributed by atoms with Gasteiger partial charge in [0.1, 0.15) is 17.7 Å². The number of ether oxygens (including phenoxy) is 1. The third kappa shape index (κ3) is 3.22. The van der Waals surface area contributed by atoms with E-state index in [-0.39, 0.29) is 18.5 Å². The van der Waals surface area contributed by atoms with Crippen molar-refractivity contribution in [3.8, 4) is 5.75 Å². The molecule has 0 saturated carbocycles. The van der Waals surface area contributed by atoms with Crippen LogP contribution in [-0.2, 0) is 0 Å². The molecular weight excluding hydrogens is 253 g/mol. The van der Waals surface area contributed by atoms with Crippen LogP contribution in [0.5, 0.6) is 5.75 Å². The fourth-order valence-electron chi connectivity index (χ4n) is 1.64. The summed E-state index contributed by atoms with van der Waals surface area (Å²) in [6.45, 7) is 0.270. The molecule has 4 heteroatoms. The van der Waals surface area contributed by atoms with Crippen LogP contribution in [0.4, 0.5) is 4.39 Å². The van der Waals surface area contributed by atoms with Crippen LogP contribution in [0.25, 0.3) is 0 Å². The number of benzene rings is 2. The van der Waals surface area contributed by atoms with Crippen molar-refractivity contribution in [2.45, 2.75) is 6.10 Å². The summed E-state index contributed by atoms with van der Waals surface area (Å²) in [7, 11) is 0. The topological polar surface area (TPSA) is 35.2 Å². The lowest BCUT2D eigenvalue weighted by Crippen LogP contribution is -2.18. The van der Waals surface area contributed by atoms with Crippen molar-refractivity contribution in [1.82, 2.24) is 0 Å². The van der Waals surface area contributed by atoms with E-state index >= 15 is 0 Å². The number of nitrogens with two attached hydrogens (primary N) is 1. The quantitative estimate of drug-likeness (QED) is 0.917. The summed E-state index contributed by atoms with van der Waals surface area (Å²) in [5, 5.41) is 0.636. The Balaban J connectivity index is 2.17. The zero-order valence-corrected chi connectivity index (χ0v) is 10.4. The van der Waals surface area contributed by atoms with E-state index in [0.717, 1.165) is 0 Å². The molecule has 2 aromatic rings. The smallest absolute Gasteiger partial charge is 0.136 e. The molecule has 18 heavy (non-hydrogen) atoms. The van der Waals surface area contributed by atoms with E-state index in [1.165, 1.54) is 12.1 Å². The summed E-state index contributed by atoms with van der Waals surface area (Å²) in [5.74, 6) is 0.352. The Labute approximate surface area is 110 Å². The second-order valence-corrected chi connectivity index (χ2v) is 4.29. The molecule has 0 saturated heterocycles. The molecule has 0 aromatic heterocycles. The van der Waals surface area contributed by atoms with E-state index in [1.54, 1.807) is 36.4 Å². The minimum absolute atomic E-state index is 0.270. The van der Waals surface area contributed by atoms with E-state index in [2.05, 4.69) is 0 Å². The Hall–Kier alpha value is -1.58. The summed E-state index contributed by atoms with van der Waals surface area (Å²) in [6.07, 6.45) is -0.373. The Morgan fingerprint density at radius 1 is 1.17 bits per heavy atom. The standard InChI is InChI=1S/C14H13ClFNO/c15-11-4-6-13(7-5-11)18-14(9-17)10-2-1-3-12(16)8-10/h1-8,14H,9,17H2. The fourth-order valence-corrected chi connectivity index (χ4v) is 1.76. The molecule has 1 atom stereocenters. The fraction of sp³-hybridized carbons (Fsp3) is 0.143. The highest BCUT2D eigenvalue weighted by atomic mass is 35.5. The molecule has 2 aromatic carbocycles. The molecule has 0 aliphatic rings. The van der Waals surface area contributed by atoms with Gasteiger partial charge in [-0.2, -0.15) is 0 Å². The van der Waals surface area contributed by atoms with Gasteiger partial charge in [0.15, 0.2) is 0 Å². The maximum absolute atomic E-state index is 13.1. The molecule has 2 nitrogen and oxygen atoms in total. The molecule has 0 fully saturated rings. The molecule has 2 rings (SSSR count). The van der Waals surface area contributed by atoms with Gasteiger partial charge >= 0.3 is 0 Å². The molecule has 0 radical (unpaired) electrons. The Morgan fingerprint density at radius 2 is 1.89 bits per heavy atom. The predicted octanol–water partition coefficient (Wildman–Crippen LogP) is 3.56. The van der Waals surface area contributed by atoms with Crippen molar-refractivity contribution < 1.29 is 9.13 Å². The monoisotopic (exact) mass is 265 g/mol. The summed E-state index contributed by atoms with van der Waals surface area (Å²) in [5.41, 5.74) is 6.37. The van der Waals surface area contributed by atoms with Crippen LogP contribution in [0.15, 0.2) is 48.5 Å². The number of hydrogen-bond donors (Lipinski definition) is 1. The molecule has 0 aliphatic carbocycles. The maximum Gasteiger partial charge on any atom is 0.136 e. The Kier molecular flexibility index (Phi) is 4.18. The molecule has 1 unspecified atom stereocenters. The van der Waals surface area contributed by atoms with Gasteiger partial charge in [0.25, 0.3) is 0 Å². The molecule has 0 spiro atoms. The normalized spacial score (nSPS) is 12.2. The van der Waals surface area contributed by atoms with Crippen LogP contribution in [0.2, 0.25) is 5.02 Å². The number of rotatable bonds is 4. The molecule has 0 aliphatic heterocycles. The van der Waals surface area contributed by atoms with E-state index in [0.29, 0.717) is 16.3 Å². The first-order chi connectivity index (χ1) is 8.69. The van der Waals surface area contributed by atoms with E-state index in [4.69, 9.17) is 22.1 Å². The van der Waals surface area contributed by atoms with Crippen molar-refractivity contribution >= 4 is 11.6 Å². The summed E-state index contributed by atoms with van der Waals surface area (Å²) in [4.78, 5) is 0. The third-order valence-corrected chi connectivity index (χ3v) is 2.78. The molecule has 94 valence electrons. The van der Waals surface area contributed by atoms with Gasteiger partial charge in [-0.3, -0.25) is 0 Å². The minimum Gasteiger partial charge on any atom is -0.484 e. The predicted molar refractivity (Wildman–Crippen MR) is 70.3 cm³/mol. The zero-order valence-electron chi connectivity index (χ0n) is 9.64. The summed E-state index contributed by atoms with van der Waals surface area (Å²) >= 11 is 5.79. The van der Waals surface area contributed by atoms with Crippen LogP contribution in [0, 0.1) is 5.82 Å². The van der Waals surface area contributed by atoms with Gasteiger partial charge in [0, 0.05) is 11.6 Å². The molecule has 0 heterocycles. The van der Waals surface area contributed by atoms with Crippen molar-refractivity contribution in [3.63, 3.8) is 0 Å². The zero-order chi connectivity index (χ0) is 13.0. The largest absolute Gasteiger partial charge is 0.484 e. The van der Waals surface area contributed by atoms with E-state index in [9.17, 15) is 4.39 Å². The highest BCUT2D eigenvalue weighted by molar-refractivity contribution is 6.30. The van der Waals surface area contributed by atoms with Crippen LogP contribution in [0.3, 0.4) is 0 Å². The lowest BCUT2D eigenvalue weighted by molar-refractivity contribution is 0.214. The van der Waals surface area contributed by atoms with Crippen molar-refractivity contribution in [1.29, 1.82) is 0 Å². The number of halogens is 2. The minimum atomic E-state index is -0.373.